The van der Waals surface area contributed by atoms with Crippen molar-refractivity contribution in [3.63, 3.8) is 0 Å². The lowest BCUT2D eigenvalue weighted by Crippen LogP contribution is -2.14. The fourth-order valence-corrected chi connectivity index (χ4v) is 2.45. The molecule has 0 unspecified atom stereocenters. The van der Waals surface area contributed by atoms with E-state index in [0.717, 1.165) is 11.4 Å². The van der Waals surface area contributed by atoms with Crippen molar-refractivity contribution >= 4 is 23.1 Å². The van der Waals surface area contributed by atoms with E-state index in [4.69, 9.17) is 9.47 Å². The first-order valence-electron chi connectivity index (χ1n) is 8.86. The van der Waals surface area contributed by atoms with Gasteiger partial charge in [-0.25, -0.2) is 0 Å². The van der Waals surface area contributed by atoms with Crippen LogP contribution in [0, 0.1) is 0 Å². The molecule has 1 heterocycles. The fourth-order valence-electron chi connectivity index (χ4n) is 2.45. The van der Waals surface area contributed by atoms with E-state index in [9.17, 15) is 4.79 Å². The van der Waals surface area contributed by atoms with Crippen LogP contribution in [0.3, 0.4) is 0 Å². The summed E-state index contributed by atoms with van der Waals surface area (Å²) in [6.45, 7) is 3.96. The van der Waals surface area contributed by atoms with Crippen molar-refractivity contribution < 1.29 is 14.3 Å². The second kappa shape index (κ2) is 8.85. The zero-order chi connectivity index (χ0) is 19.9. The summed E-state index contributed by atoms with van der Waals surface area (Å²) >= 11 is 0. The predicted octanol–water partition coefficient (Wildman–Crippen LogP) is 4.27. The van der Waals surface area contributed by atoms with Gasteiger partial charge in [-0.2, -0.15) is 0 Å². The van der Waals surface area contributed by atoms with E-state index in [0.29, 0.717) is 17.3 Å². The largest absolute Gasteiger partial charge is 0.497 e. The van der Waals surface area contributed by atoms with Gasteiger partial charge in [0.25, 0.3) is 5.91 Å². The second-order valence-electron chi connectivity index (χ2n) is 6.31. The molecule has 144 valence electrons. The number of aromatic nitrogens is 2. The highest BCUT2D eigenvalue weighted by molar-refractivity contribution is 6.02. The standard InChI is InChI=1S/C21H22N4O3/c1-14(2)28-17-9-7-15(8-10-17)22-20-12-11-19(24-25-20)21(26)23-16-5-4-6-18(13-16)27-3/h4-14H,1-3H3,(H,22,25)(H,23,26). The van der Waals surface area contributed by atoms with Crippen LogP contribution in [0.4, 0.5) is 17.2 Å². The molecule has 0 aliphatic carbocycles. The third kappa shape index (κ3) is 5.20. The quantitative estimate of drug-likeness (QED) is 0.639. The molecule has 7 nitrogen and oxygen atoms in total. The maximum Gasteiger partial charge on any atom is 0.276 e. The topological polar surface area (TPSA) is 85.4 Å². The summed E-state index contributed by atoms with van der Waals surface area (Å²) in [6, 6.07) is 18.0. The molecule has 2 aromatic carbocycles. The lowest BCUT2D eigenvalue weighted by atomic mass is 10.2. The maximum atomic E-state index is 12.3. The molecule has 7 heteroatoms. The minimum absolute atomic E-state index is 0.125. The van der Waals surface area contributed by atoms with Gasteiger partial charge in [-0.05, 0) is 62.4 Å². The van der Waals surface area contributed by atoms with E-state index < -0.39 is 0 Å². The second-order valence-corrected chi connectivity index (χ2v) is 6.31. The van der Waals surface area contributed by atoms with Crippen molar-refractivity contribution in [2.75, 3.05) is 17.7 Å². The van der Waals surface area contributed by atoms with Gasteiger partial charge in [0, 0.05) is 17.4 Å². The van der Waals surface area contributed by atoms with Gasteiger partial charge < -0.3 is 20.1 Å². The molecule has 2 N–H and O–H groups in total. The van der Waals surface area contributed by atoms with Crippen LogP contribution in [0.5, 0.6) is 11.5 Å². The molecular formula is C21H22N4O3. The van der Waals surface area contributed by atoms with Crippen molar-refractivity contribution in [1.82, 2.24) is 10.2 Å². The van der Waals surface area contributed by atoms with E-state index >= 15 is 0 Å². The Balaban J connectivity index is 1.61. The number of methoxy groups -OCH3 is 1. The molecule has 1 aromatic heterocycles. The van der Waals surface area contributed by atoms with Crippen LogP contribution in [0.1, 0.15) is 24.3 Å². The summed E-state index contributed by atoms with van der Waals surface area (Å²) in [6.07, 6.45) is 0.125. The van der Waals surface area contributed by atoms with Crippen LogP contribution >= 0.6 is 0 Å². The highest BCUT2D eigenvalue weighted by atomic mass is 16.5. The predicted molar refractivity (Wildman–Crippen MR) is 108 cm³/mol. The molecule has 28 heavy (non-hydrogen) atoms. The molecule has 3 rings (SSSR count). The Morgan fingerprint density at radius 3 is 2.36 bits per heavy atom. The molecule has 0 saturated heterocycles. The number of hydrogen-bond donors (Lipinski definition) is 2. The minimum Gasteiger partial charge on any atom is -0.497 e. The van der Waals surface area contributed by atoms with E-state index in [1.54, 1.807) is 43.5 Å². The monoisotopic (exact) mass is 378 g/mol. The summed E-state index contributed by atoms with van der Waals surface area (Å²) in [5.41, 5.74) is 1.69. The van der Waals surface area contributed by atoms with Crippen molar-refractivity contribution in [3.8, 4) is 11.5 Å². The Bertz CT molecular complexity index is 925. The van der Waals surface area contributed by atoms with Gasteiger partial charge >= 0.3 is 0 Å². The average Bonchev–Trinajstić information content (AvgIpc) is 2.70. The molecule has 0 spiro atoms. The molecule has 0 bridgehead atoms. The van der Waals surface area contributed by atoms with Gasteiger partial charge in [0.2, 0.25) is 0 Å². The molecule has 0 radical (unpaired) electrons. The van der Waals surface area contributed by atoms with Crippen LogP contribution in [-0.4, -0.2) is 29.3 Å². The number of hydrogen-bond acceptors (Lipinski definition) is 6. The fraction of sp³-hybridized carbons (Fsp3) is 0.190. The van der Waals surface area contributed by atoms with Crippen LogP contribution in [0.2, 0.25) is 0 Å². The van der Waals surface area contributed by atoms with Crippen molar-refractivity contribution in [3.05, 3.63) is 66.4 Å². The first-order valence-corrected chi connectivity index (χ1v) is 8.86. The third-order valence-electron chi connectivity index (χ3n) is 3.72. The number of nitrogens with zero attached hydrogens (tertiary/aromatic N) is 2. The zero-order valence-corrected chi connectivity index (χ0v) is 16.0. The normalized spacial score (nSPS) is 10.4. The van der Waals surface area contributed by atoms with Gasteiger partial charge in [-0.1, -0.05) is 6.07 Å². The zero-order valence-electron chi connectivity index (χ0n) is 16.0. The van der Waals surface area contributed by atoms with Crippen LogP contribution in [0.25, 0.3) is 0 Å². The Labute approximate surface area is 163 Å². The van der Waals surface area contributed by atoms with E-state index in [1.807, 2.05) is 38.1 Å². The molecule has 0 atom stereocenters. The van der Waals surface area contributed by atoms with Gasteiger partial charge in [0.15, 0.2) is 11.5 Å². The Kier molecular flexibility index (Phi) is 6.06. The average molecular weight is 378 g/mol. The maximum absolute atomic E-state index is 12.3. The van der Waals surface area contributed by atoms with E-state index in [1.165, 1.54) is 0 Å². The Hall–Kier alpha value is -3.61. The number of benzene rings is 2. The number of anilines is 3. The third-order valence-corrected chi connectivity index (χ3v) is 3.72. The van der Waals surface area contributed by atoms with Gasteiger partial charge in [-0.3, -0.25) is 4.79 Å². The number of ether oxygens (including phenoxy) is 2. The number of amides is 1. The number of carbonyl (C=O) groups excluding carboxylic acids is 1. The number of carbonyl (C=O) groups is 1. The van der Waals surface area contributed by atoms with Crippen molar-refractivity contribution in [1.29, 1.82) is 0 Å². The first-order chi connectivity index (χ1) is 13.5. The lowest BCUT2D eigenvalue weighted by molar-refractivity contribution is 0.102. The number of nitrogens with one attached hydrogen (secondary N) is 2. The van der Waals surface area contributed by atoms with Gasteiger partial charge in [0.05, 0.1) is 13.2 Å². The SMILES string of the molecule is COc1cccc(NC(=O)c2ccc(Nc3ccc(OC(C)C)cc3)nn2)c1. The first kappa shape index (κ1) is 19.2. The van der Waals surface area contributed by atoms with Gasteiger partial charge in [-0.15, -0.1) is 10.2 Å². The van der Waals surface area contributed by atoms with Crippen LogP contribution in [-0.2, 0) is 0 Å². The van der Waals surface area contributed by atoms with Gasteiger partial charge in [0.1, 0.15) is 11.5 Å². The molecular weight excluding hydrogens is 356 g/mol. The molecule has 0 aliphatic rings. The van der Waals surface area contributed by atoms with Crippen LogP contribution in [0.15, 0.2) is 60.7 Å². The molecule has 3 aromatic rings. The van der Waals surface area contributed by atoms with Crippen molar-refractivity contribution in [2.45, 2.75) is 20.0 Å². The summed E-state index contributed by atoms with van der Waals surface area (Å²) in [5.74, 6) is 1.65. The molecule has 1 amide bonds. The molecule has 0 aliphatic heterocycles. The summed E-state index contributed by atoms with van der Waals surface area (Å²) in [4.78, 5) is 12.3. The smallest absolute Gasteiger partial charge is 0.276 e. The number of rotatable bonds is 7. The van der Waals surface area contributed by atoms with E-state index in [2.05, 4.69) is 20.8 Å². The summed E-state index contributed by atoms with van der Waals surface area (Å²) < 4.78 is 10.8. The molecule has 0 saturated carbocycles. The van der Waals surface area contributed by atoms with Crippen molar-refractivity contribution in [2.24, 2.45) is 0 Å². The highest BCUT2D eigenvalue weighted by Crippen LogP contribution is 2.20. The highest BCUT2D eigenvalue weighted by Gasteiger charge is 2.09. The van der Waals surface area contributed by atoms with E-state index in [-0.39, 0.29) is 17.7 Å². The summed E-state index contributed by atoms with van der Waals surface area (Å²) in [7, 11) is 1.57. The Morgan fingerprint density at radius 1 is 0.929 bits per heavy atom. The lowest BCUT2D eigenvalue weighted by Gasteiger charge is -2.11. The summed E-state index contributed by atoms with van der Waals surface area (Å²) in [5, 5.41) is 14.0. The van der Waals surface area contributed by atoms with Crippen LogP contribution < -0.4 is 20.1 Å². The minimum atomic E-state index is -0.345. The molecule has 0 fully saturated rings. The Morgan fingerprint density at radius 2 is 1.71 bits per heavy atom.